The zero-order valence-electron chi connectivity index (χ0n) is 13.3. The molecule has 5 heteroatoms. The topological polar surface area (TPSA) is 45.0 Å². The molecule has 3 rings (SSSR count). The lowest BCUT2D eigenvalue weighted by Gasteiger charge is -2.35. The summed E-state index contributed by atoms with van der Waals surface area (Å²) in [6, 6.07) is 4.89. The standard InChI is InChI=1S/C18H20FN3O/c1-3-4-10-18(20-21-18)11-8-16(23)22-12-9-14-6-5-7-15(19)17(14)13(22)2/h1,5-7,13H,4,8-12H2,2H3. The number of carbonyl (C=O) groups excluding carboxylic acids is 1. The van der Waals surface area contributed by atoms with Crippen molar-refractivity contribution < 1.29 is 9.18 Å². The van der Waals surface area contributed by atoms with Crippen LogP contribution in [0.5, 0.6) is 0 Å². The van der Waals surface area contributed by atoms with Crippen LogP contribution in [0.3, 0.4) is 0 Å². The molecular formula is C18H20FN3O. The van der Waals surface area contributed by atoms with Crippen molar-refractivity contribution in [1.29, 1.82) is 0 Å². The van der Waals surface area contributed by atoms with Gasteiger partial charge in [0.15, 0.2) is 5.66 Å². The number of nitrogens with zero attached hydrogens (tertiary/aromatic N) is 3. The Morgan fingerprint density at radius 3 is 2.96 bits per heavy atom. The molecule has 0 saturated carbocycles. The van der Waals surface area contributed by atoms with Crippen molar-refractivity contribution in [2.24, 2.45) is 10.2 Å². The maximum atomic E-state index is 14.1. The van der Waals surface area contributed by atoms with Gasteiger partial charge in [-0.3, -0.25) is 4.79 Å². The minimum atomic E-state index is -0.440. The molecule has 4 nitrogen and oxygen atoms in total. The normalized spacial score (nSPS) is 20.7. The largest absolute Gasteiger partial charge is 0.335 e. The summed E-state index contributed by atoms with van der Waals surface area (Å²) >= 11 is 0. The second-order valence-corrected chi connectivity index (χ2v) is 6.21. The molecule has 0 spiro atoms. The lowest BCUT2D eigenvalue weighted by atomic mass is 9.92. The van der Waals surface area contributed by atoms with Crippen molar-refractivity contribution in [2.45, 2.75) is 50.7 Å². The zero-order valence-corrected chi connectivity index (χ0v) is 13.3. The molecule has 0 fully saturated rings. The molecule has 0 radical (unpaired) electrons. The SMILES string of the molecule is C#CCCC1(CCC(=O)N2CCc3cccc(F)c3C2C)N=N1. The van der Waals surface area contributed by atoms with E-state index in [9.17, 15) is 9.18 Å². The molecule has 0 bridgehead atoms. The van der Waals surface area contributed by atoms with Crippen molar-refractivity contribution in [1.82, 2.24) is 4.90 Å². The molecule has 1 aromatic carbocycles. The Kier molecular flexibility index (Phi) is 4.16. The Morgan fingerprint density at radius 1 is 1.48 bits per heavy atom. The Labute approximate surface area is 135 Å². The summed E-state index contributed by atoms with van der Waals surface area (Å²) in [5.41, 5.74) is 1.21. The Hall–Kier alpha value is -2.22. The van der Waals surface area contributed by atoms with Gasteiger partial charge in [-0.15, -0.1) is 12.3 Å². The molecule has 2 aliphatic rings. The molecule has 0 aromatic heterocycles. The van der Waals surface area contributed by atoms with Crippen molar-refractivity contribution in [3.63, 3.8) is 0 Å². The summed E-state index contributed by atoms with van der Waals surface area (Å²) < 4.78 is 14.1. The number of fused-ring (bicyclic) bond motifs is 1. The molecule has 0 N–H and O–H groups in total. The number of carbonyl (C=O) groups is 1. The fourth-order valence-electron chi connectivity index (χ4n) is 3.32. The molecule has 2 aliphatic heterocycles. The van der Waals surface area contributed by atoms with Gasteiger partial charge >= 0.3 is 0 Å². The number of terminal acetylenes is 1. The van der Waals surface area contributed by atoms with Crippen LogP contribution < -0.4 is 0 Å². The summed E-state index contributed by atoms with van der Waals surface area (Å²) in [7, 11) is 0. The Morgan fingerprint density at radius 2 is 2.26 bits per heavy atom. The highest BCUT2D eigenvalue weighted by Gasteiger charge is 2.40. The van der Waals surface area contributed by atoms with Gasteiger partial charge in [-0.1, -0.05) is 12.1 Å². The van der Waals surface area contributed by atoms with E-state index in [2.05, 4.69) is 16.1 Å². The molecule has 1 aromatic rings. The van der Waals surface area contributed by atoms with Crippen LogP contribution in [0.4, 0.5) is 4.39 Å². The van der Waals surface area contributed by atoms with Crippen LogP contribution >= 0.6 is 0 Å². The van der Waals surface area contributed by atoms with E-state index in [1.54, 1.807) is 11.0 Å². The number of amides is 1. The first-order valence-electron chi connectivity index (χ1n) is 8.00. The molecule has 1 atom stereocenters. The summed E-state index contributed by atoms with van der Waals surface area (Å²) in [5.74, 6) is 2.38. The fraction of sp³-hybridized carbons (Fsp3) is 0.500. The van der Waals surface area contributed by atoms with Crippen molar-refractivity contribution in [2.75, 3.05) is 6.54 Å². The van der Waals surface area contributed by atoms with Crippen LogP contribution in [-0.4, -0.2) is 23.0 Å². The van der Waals surface area contributed by atoms with E-state index >= 15 is 0 Å². The summed E-state index contributed by atoms with van der Waals surface area (Å²) in [6.07, 6.45) is 8.22. The molecule has 2 heterocycles. The first-order chi connectivity index (χ1) is 11.1. The number of halogens is 1. The quantitative estimate of drug-likeness (QED) is 0.766. The maximum absolute atomic E-state index is 14.1. The first kappa shape index (κ1) is 15.7. The first-order valence-corrected chi connectivity index (χ1v) is 8.00. The molecular weight excluding hydrogens is 293 g/mol. The molecule has 120 valence electrons. The van der Waals surface area contributed by atoms with E-state index in [1.165, 1.54) is 6.07 Å². The minimum Gasteiger partial charge on any atom is -0.335 e. The van der Waals surface area contributed by atoms with E-state index in [-0.39, 0.29) is 17.8 Å². The summed E-state index contributed by atoms with van der Waals surface area (Å²) in [6.45, 7) is 2.51. The third-order valence-electron chi connectivity index (χ3n) is 4.76. The fourth-order valence-corrected chi connectivity index (χ4v) is 3.32. The van der Waals surface area contributed by atoms with Gasteiger partial charge in [0.25, 0.3) is 0 Å². The van der Waals surface area contributed by atoms with Gasteiger partial charge in [0.05, 0.1) is 6.04 Å². The predicted octanol–water partition coefficient (Wildman–Crippen LogP) is 3.63. The average molecular weight is 313 g/mol. The zero-order chi connectivity index (χ0) is 16.4. The molecule has 0 aliphatic carbocycles. The van der Waals surface area contributed by atoms with Crippen LogP contribution in [0.2, 0.25) is 0 Å². The van der Waals surface area contributed by atoms with Crippen LogP contribution in [-0.2, 0) is 11.2 Å². The van der Waals surface area contributed by atoms with Crippen LogP contribution in [0, 0.1) is 18.2 Å². The highest BCUT2D eigenvalue weighted by Crippen LogP contribution is 2.38. The van der Waals surface area contributed by atoms with Gasteiger partial charge in [-0.05, 0) is 25.0 Å². The highest BCUT2D eigenvalue weighted by atomic mass is 19.1. The molecule has 1 unspecified atom stereocenters. The van der Waals surface area contributed by atoms with Gasteiger partial charge in [-0.2, -0.15) is 10.2 Å². The van der Waals surface area contributed by atoms with Gasteiger partial charge in [-0.25, -0.2) is 4.39 Å². The van der Waals surface area contributed by atoms with E-state index < -0.39 is 5.66 Å². The average Bonchev–Trinajstić information content (AvgIpc) is 3.31. The lowest BCUT2D eigenvalue weighted by molar-refractivity contribution is -0.134. The Balaban J connectivity index is 1.63. The van der Waals surface area contributed by atoms with E-state index in [0.29, 0.717) is 44.2 Å². The third kappa shape index (κ3) is 3.12. The minimum absolute atomic E-state index is 0.0313. The van der Waals surface area contributed by atoms with E-state index in [0.717, 1.165) is 5.56 Å². The van der Waals surface area contributed by atoms with Gasteiger partial charge < -0.3 is 4.90 Å². The van der Waals surface area contributed by atoms with Crippen molar-refractivity contribution >= 4 is 5.91 Å². The van der Waals surface area contributed by atoms with E-state index in [4.69, 9.17) is 6.42 Å². The molecule has 1 amide bonds. The Bertz CT molecular complexity index is 686. The number of hydrogen-bond donors (Lipinski definition) is 0. The van der Waals surface area contributed by atoms with Gasteiger partial charge in [0.1, 0.15) is 5.82 Å². The molecule has 23 heavy (non-hydrogen) atoms. The van der Waals surface area contributed by atoms with Gasteiger partial charge in [0.2, 0.25) is 5.91 Å². The third-order valence-corrected chi connectivity index (χ3v) is 4.76. The summed E-state index contributed by atoms with van der Waals surface area (Å²) in [4.78, 5) is 14.3. The van der Waals surface area contributed by atoms with Crippen LogP contribution in [0.15, 0.2) is 28.4 Å². The summed E-state index contributed by atoms with van der Waals surface area (Å²) in [5, 5.41) is 8.11. The monoisotopic (exact) mass is 313 g/mol. The predicted molar refractivity (Wildman–Crippen MR) is 85.1 cm³/mol. The van der Waals surface area contributed by atoms with Crippen LogP contribution in [0.1, 0.15) is 49.8 Å². The lowest BCUT2D eigenvalue weighted by Crippen LogP contribution is -2.39. The second-order valence-electron chi connectivity index (χ2n) is 6.21. The molecule has 0 saturated heterocycles. The second kappa shape index (κ2) is 6.11. The van der Waals surface area contributed by atoms with Crippen molar-refractivity contribution in [3.8, 4) is 12.3 Å². The maximum Gasteiger partial charge on any atom is 0.223 e. The van der Waals surface area contributed by atoms with E-state index in [1.807, 2.05) is 13.0 Å². The number of benzene rings is 1. The van der Waals surface area contributed by atoms with Gasteiger partial charge in [0, 0.05) is 37.8 Å². The highest BCUT2D eigenvalue weighted by molar-refractivity contribution is 5.77. The smallest absolute Gasteiger partial charge is 0.223 e. The number of rotatable bonds is 5. The number of hydrogen-bond acceptors (Lipinski definition) is 3. The van der Waals surface area contributed by atoms with Crippen LogP contribution in [0.25, 0.3) is 0 Å². The van der Waals surface area contributed by atoms with Crippen molar-refractivity contribution in [3.05, 3.63) is 35.1 Å².